The third-order valence-electron chi connectivity index (χ3n) is 4.31. The molecule has 0 radical (unpaired) electrons. The third kappa shape index (κ3) is 3.85. The van der Waals surface area contributed by atoms with Gasteiger partial charge < -0.3 is 15.1 Å². The standard InChI is InChI=1S/C17H18N8OS/c1-12-16(27-23-22-12)17(26)25-8-6-24(7-9-25)15-10-14(19-11-20-15)21-13-4-2-3-5-18-13/h2-5,10-11H,6-9H2,1H3,(H,18,19,20,21). The van der Waals surface area contributed by atoms with Crippen LogP contribution in [0.2, 0.25) is 0 Å². The topological polar surface area (TPSA) is 100 Å². The van der Waals surface area contributed by atoms with E-state index in [0.29, 0.717) is 42.6 Å². The predicted octanol–water partition coefficient (Wildman–Crippen LogP) is 1.74. The summed E-state index contributed by atoms with van der Waals surface area (Å²) in [6.45, 7) is 4.48. The summed E-state index contributed by atoms with van der Waals surface area (Å²) in [5, 5.41) is 7.09. The number of amides is 1. The minimum Gasteiger partial charge on any atom is -0.353 e. The highest BCUT2D eigenvalue weighted by molar-refractivity contribution is 7.07. The highest BCUT2D eigenvalue weighted by Crippen LogP contribution is 2.20. The number of nitrogens with zero attached hydrogens (tertiary/aromatic N) is 7. The van der Waals surface area contributed by atoms with Crippen LogP contribution >= 0.6 is 11.5 Å². The van der Waals surface area contributed by atoms with E-state index < -0.39 is 0 Å². The van der Waals surface area contributed by atoms with Gasteiger partial charge in [-0.25, -0.2) is 15.0 Å². The number of aryl methyl sites for hydroxylation is 1. The van der Waals surface area contributed by atoms with Crippen LogP contribution in [0.4, 0.5) is 17.5 Å². The minimum absolute atomic E-state index is 0.00217. The van der Waals surface area contributed by atoms with Gasteiger partial charge in [0.05, 0.1) is 5.69 Å². The van der Waals surface area contributed by atoms with E-state index in [9.17, 15) is 4.79 Å². The molecule has 1 amide bonds. The van der Waals surface area contributed by atoms with E-state index in [1.807, 2.05) is 36.1 Å². The molecule has 0 atom stereocenters. The van der Waals surface area contributed by atoms with E-state index in [4.69, 9.17) is 0 Å². The molecule has 3 aromatic rings. The van der Waals surface area contributed by atoms with Crippen molar-refractivity contribution in [3.63, 3.8) is 0 Å². The van der Waals surface area contributed by atoms with Crippen molar-refractivity contribution in [1.82, 2.24) is 29.4 Å². The summed E-state index contributed by atoms with van der Waals surface area (Å²) in [5.74, 6) is 2.24. The molecule has 0 aliphatic carbocycles. The first-order valence-electron chi connectivity index (χ1n) is 8.54. The van der Waals surface area contributed by atoms with Gasteiger partial charge in [0.2, 0.25) is 0 Å². The lowest BCUT2D eigenvalue weighted by atomic mass is 10.2. The fourth-order valence-corrected chi connectivity index (χ4v) is 3.49. The summed E-state index contributed by atoms with van der Waals surface area (Å²) >= 11 is 1.15. The van der Waals surface area contributed by atoms with Crippen LogP contribution in [0.3, 0.4) is 0 Å². The lowest BCUT2D eigenvalue weighted by Crippen LogP contribution is -2.49. The third-order valence-corrected chi connectivity index (χ3v) is 5.13. The quantitative estimate of drug-likeness (QED) is 0.728. The molecule has 1 fully saturated rings. The van der Waals surface area contributed by atoms with Gasteiger partial charge in [-0.2, -0.15) is 0 Å². The van der Waals surface area contributed by atoms with Crippen LogP contribution in [-0.2, 0) is 0 Å². The monoisotopic (exact) mass is 382 g/mol. The molecular weight excluding hydrogens is 364 g/mol. The summed E-state index contributed by atoms with van der Waals surface area (Å²) in [4.78, 5) is 30.0. The molecule has 10 heteroatoms. The molecule has 1 saturated heterocycles. The maximum Gasteiger partial charge on any atom is 0.267 e. The fourth-order valence-electron chi connectivity index (χ4n) is 2.87. The number of pyridine rings is 1. The van der Waals surface area contributed by atoms with E-state index in [-0.39, 0.29) is 5.91 Å². The molecule has 1 aliphatic rings. The van der Waals surface area contributed by atoms with E-state index in [2.05, 4.69) is 34.8 Å². The molecular formula is C17H18N8OS. The Bertz CT molecular complexity index is 923. The van der Waals surface area contributed by atoms with Crippen LogP contribution < -0.4 is 10.2 Å². The average Bonchev–Trinajstić information content (AvgIpc) is 3.14. The van der Waals surface area contributed by atoms with Crippen LogP contribution in [0.1, 0.15) is 15.4 Å². The smallest absolute Gasteiger partial charge is 0.267 e. The summed E-state index contributed by atoms with van der Waals surface area (Å²) in [5.41, 5.74) is 0.688. The number of aromatic nitrogens is 5. The molecule has 9 nitrogen and oxygen atoms in total. The fraction of sp³-hybridized carbons (Fsp3) is 0.294. The van der Waals surface area contributed by atoms with Crippen molar-refractivity contribution in [2.75, 3.05) is 36.4 Å². The summed E-state index contributed by atoms with van der Waals surface area (Å²) in [7, 11) is 0. The normalized spacial score (nSPS) is 14.3. The molecule has 4 heterocycles. The number of hydrogen-bond donors (Lipinski definition) is 1. The molecule has 1 aliphatic heterocycles. The number of carbonyl (C=O) groups is 1. The highest BCUT2D eigenvalue weighted by atomic mass is 32.1. The largest absolute Gasteiger partial charge is 0.353 e. The van der Waals surface area contributed by atoms with Gasteiger partial charge in [0.15, 0.2) is 0 Å². The van der Waals surface area contributed by atoms with Crippen molar-refractivity contribution in [1.29, 1.82) is 0 Å². The molecule has 0 aromatic carbocycles. The number of hydrogen-bond acceptors (Lipinski definition) is 9. The second-order valence-corrected chi connectivity index (χ2v) is 6.82. The second kappa shape index (κ2) is 7.62. The number of rotatable bonds is 4. The molecule has 0 saturated carbocycles. The SMILES string of the molecule is Cc1nnsc1C(=O)N1CCN(c2cc(Nc3ccccn3)ncn2)CC1. The maximum absolute atomic E-state index is 12.6. The van der Waals surface area contributed by atoms with E-state index in [1.165, 1.54) is 6.33 Å². The van der Waals surface area contributed by atoms with Crippen molar-refractivity contribution < 1.29 is 4.79 Å². The van der Waals surface area contributed by atoms with Gasteiger partial charge in [-0.15, -0.1) is 5.10 Å². The molecule has 0 spiro atoms. The van der Waals surface area contributed by atoms with Crippen molar-refractivity contribution in [2.45, 2.75) is 6.92 Å². The zero-order valence-corrected chi connectivity index (χ0v) is 15.6. The number of anilines is 3. The average molecular weight is 382 g/mol. The first kappa shape index (κ1) is 17.3. The van der Waals surface area contributed by atoms with Crippen LogP contribution in [0.5, 0.6) is 0 Å². The molecule has 0 bridgehead atoms. The zero-order valence-electron chi connectivity index (χ0n) is 14.7. The Morgan fingerprint density at radius 3 is 2.67 bits per heavy atom. The Hall–Kier alpha value is -3.14. The van der Waals surface area contributed by atoms with Crippen LogP contribution in [0.15, 0.2) is 36.8 Å². The number of carbonyl (C=O) groups excluding carboxylic acids is 1. The lowest BCUT2D eigenvalue weighted by Gasteiger charge is -2.35. The van der Waals surface area contributed by atoms with Gasteiger partial charge in [-0.05, 0) is 30.6 Å². The summed E-state index contributed by atoms with van der Waals surface area (Å²) in [6, 6.07) is 7.54. The molecule has 1 N–H and O–H groups in total. The maximum atomic E-state index is 12.6. The second-order valence-electron chi connectivity index (χ2n) is 6.07. The molecule has 0 unspecified atom stereocenters. The van der Waals surface area contributed by atoms with E-state index in [1.54, 1.807) is 6.20 Å². The van der Waals surface area contributed by atoms with Crippen LogP contribution in [0, 0.1) is 6.92 Å². The van der Waals surface area contributed by atoms with Gasteiger partial charge in [0, 0.05) is 38.4 Å². The number of piperazine rings is 1. The first-order valence-corrected chi connectivity index (χ1v) is 9.31. The molecule has 3 aromatic heterocycles. The van der Waals surface area contributed by atoms with Crippen LogP contribution in [-0.4, -0.2) is 61.5 Å². The van der Waals surface area contributed by atoms with Crippen molar-refractivity contribution >= 4 is 34.9 Å². The Morgan fingerprint density at radius 1 is 1.11 bits per heavy atom. The van der Waals surface area contributed by atoms with E-state index >= 15 is 0 Å². The Balaban J connectivity index is 1.40. The Labute approximate surface area is 160 Å². The van der Waals surface area contributed by atoms with Gasteiger partial charge in [0.1, 0.15) is 28.7 Å². The molecule has 4 rings (SSSR count). The summed E-state index contributed by atoms with van der Waals surface area (Å²) < 4.78 is 3.85. The van der Waals surface area contributed by atoms with Crippen molar-refractivity contribution in [2.24, 2.45) is 0 Å². The molecule has 138 valence electrons. The van der Waals surface area contributed by atoms with Gasteiger partial charge in [-0.3, -0.25) is 4.79 Å². The highest BCUT2D eigenvalue weighted by Gasteiger charge is 2.25. The summed E-state index contributed by atoms with van der Waals surface area (Å²) in [6.07, 6.45) is 3.26. The Morgan fingerprint density at radius 2 is 1.96 bits per heavy atom. The van der Waals surface area contributed by atoms with Gasteiger partial charge in [-0.1, -0.05) is 10.6 Å². The van der Waals surface area contributed by atoms with Crippen molar-refractivity contribution in [3.05, 3.63) is 47.4 Å². The predicted molar refractivity (Wildman–Crippen MR) is 102 cm³/mol. The molecule has 27 heavy (non-hydrogen) atoms. The van der Waals surface area contributed by atoms with Gasteiger partial charge >= 0.3 is 0 Å². The Kier molecular flexibility index (Phi) is 4.88. The van der Waals surface area contributed by atoms with Crippen molar-refractivity contribution in [3.8, 4) is 0 Å². The minimum atomic E-state index is 0.00217. The zero-order chi connectivity index (χ0) is 18.6. The number of nitrogens with one attached hydrogen (secondary N) is 1. The van der Waals surface area contributed by atoms with E-state index in [0.717, 1.165) is 23.2 Å². The first-order chi connectivity index (χ1) is 13.2. The van der Waals surface area contributed by atoms with Gasteiger partial charge in [0.25, 0.3) is 5.91 Å². The van der Waals surface area contributed by atoms with Crippen LogP contribution in [0.25, 0.3) is 0 Å². The lowest BCUT2D eigenvalue weighted by molar-refractivity contribution is 0.0750.